The molecule has 15 heavy (non-hydrogen) atoms. The SMILES string of the molecule is CCCN(CCC)CC(Cl)c1cccs1. The Hall–Kier alpha value is -0.0500. The summed E-state index contributed by atoms with van der Waals surface area (Å²) in [4.78, 5) is 3.74. The van der Waals surface area contributed by atoms with E-state index in [1.54, 1.807) is 11.3 Å². The molecule has 1 unspecified atom stereocenters. The van der Waals surface area contributed by atoms with Crippen molar-refractivity contribution in [3.63, 3.8) is 0 Å². The van der Waals surface area contributed by atoms with Crippen molar-refractivity contribution in [2.75, 3.05) is 19.6 Å². The Morgan fingerprint density at radius 1 is 1.33 bits per heavy atom. The smallest absolute Gasteiger partial charge is 0.0805 e. The summed E-state index contributed by atoms with van der Waals surface area (Å²) in [5.74, 6) is 0. The minimum absolute atomic E-state index is 0.156. The number of thiophene rings is 1. The molecular weight excluding hydrogens is 226 g/mol. The topological polar surface area (TPSA) is 3.24 Å². The van der Waals surface area contributed by atoms with Crippen LogP contribution in [0.4, 0.5) is 0 Å². The Bertz CT molecular complexity index is 242. The van der Waals surface area contributed by atoms with Crippen LogP contribution in [0.25, 0.3) is 0 Å². The highest BCUT2D eigenvalue weighted by Crippen LogP contribution is 2.25. The first-order chi connectivity index (χ1) is 7.27. The second-order valence-electron chi connectivity index (χ2n) is 3.78. The summed E-state index contributed by atoms with van der Waals surface area (Å²) in [5.41, 5.74) is 0. The van der Waals surface area contributed by atoms with Crippen LogP contribution in [0, 0.1) is 0 Å². The van der Waals surface area contributed by atoms with Crippen LogP contribution in [0.3, 0.4) is 0 Å². The summed E-state index contributed by atoms with van der Waals surface area (Å²) in [7, 11) is 0. The van der Waals surface area contributed by atoms with Gasteiger partial charge in [0, 0.05) is 11.4 Å². The molecule has 0 aromatic carbocycles. The lowest BCUT2D eigenvalue weighted by atomic mass is 10.3. The molecule has 0 aliphatic rings. The quantitative estimate of drug-likeness (QED) is 0.653. The van der Waals surface area contributed by atoms with Crippen LogP contribution in [-0.4, -0.2) is 24.5 Å². The van der Waals surface area contributed by atoms with E-state index in [2.05, 4.69) is 36.3 Å². The Labute approximate surface area is 102 Å². The Morgan fingerprint density at radius 3 is 2.47 bits per heavy atom. The molecule has 0 radical (unpaired) electrons. The molecule has 1 aromatic rings. The van der Waals surface area contributed by atoms with E-state index in [4.69, 9.17) is 11.6 Å². The Morgan fingerprint density at radius 2 is 2.00 bits per heavy atom. The highest BCUT2D eigenvalue weighted by Gasteiger charge is 2.13. The van der Waals surface area contributed by atoms with E-state index in [0.717, 1.165) is 19.6 Å². The minimum atomic E-state index is 0.156. The van der Waals surface area contributed by atoms with Gasteiger partial charge in [-0.2, -0.15) is 0 Å². The molecule has 1 atom stereocenters. The maximum absolute atomic E-state index is 6.38. The summed E-state index contributed by atoms with van der Waals surface area (Å²) >= 11 is 8.13. The number of hydrogen-bond acceptors (Lipinski definition) is 2. The summed E-state index contributed by atoms with van der Waals surface area (Å²) in [6.45, 7) is 7.72. The van der Waals surface area contributed by atoms with Crippen molar-refractivity contribution in [1.82, 2.24) is 4.90 Å². The van der Waals surface area contributed by atoms with Gasteiger partial charge in [0.2, 0.25) is 0 Å². The van der Waals surface area contributed by atoms with Gasteiger partial charge >= 0.3 is 0 Å². The standard InChI is InChI=1S/C12H20ClNS/c1-3-7-14(8-4-2)10-11(13)12-6-5-9-15-12/h5-6,9,11H,3-4,7-8,10H2,1-2H3. The van der Waals surface area contributed by atoms with Gasteiger partial charge in [-0.15, -0.1) is 22.9 Å². The van der Waals surface area contributed by atoms with Crippen LogP contribution >= 0.6 is 22.9 Å². The van der Waals surface area contributed by atoms with Crippen LogP contribution in [0.1, 0.15) is 36.9 Å². The third-order valence-electron chi connectivity index (χ3n) is 2.35. The van der Waals surface area contributed by atoms with Crippen molar-refractivity contribution in [2.45, 2.75) is 32.1 Å². The molecule has 1 aromatic heterocycles. The van der Waals surface area contributed by atoms with E-state index in [1.807, 2.05) is 0 Å². The lowest BCUT2D eigenvalue weighted by Crippen LogP contribution is -2.28. The van der Waals surface area contributed by atoms with Gasteiger partial charge in [-0.25, -0.2) is 0 Å². The molecule has 0 aliphatic carbocycles. The summed E-state index contributed by atoms with van der Waals surface area (Å²) < 4.78 is 0. The van der Waals surface area contributed by atoms with Crippen LogP contribution in [0.15, 0.2) is 17.5 Å². The average molecular weight is 246 g/mol. The van der Waals surface area contributed by atoms with Gasteiger partial charge in [0.15, 0.2) is 0 Å². The second kappa shape index (κ2) is 7.26. The fraction of sp³-hybridized carbons (Fsp3) is 0.667. The molecular formula is C12H20ClNS. The van der Waals surface area contributed by atoms with Crippen LogP contribution in [0.5, 0.6) is 0 Å². The normalized spacial score (nSPS) is 13.3. The predicted molar refractivity (Wildman–Crippen MR) is 69.9 cm³/mol. The minimum Gasteiger partial charge on any atom is -0.302 e. The molecule has 0 fully saturated rings. The van der Waals surface area contributed by atoms with Crippen molar-refractivity contribution in [3.05, 3.63) is 22.4 Å². The third-order valence-corrected chi connectivity index (χ3v) is 3.84. The van der Waals surface area contributed by atoms with Crippen LogP contribution in [-0.2, 0) is 0 Å². The van der Waals surface area contributed by atoms with Gasteiger partial charge in [0.1, 0.15) is 0 Å². The molecule has 0 saturated carbocycles. The zero-order chi connectivity index (χ0) is 11.1. The maximum atomic E-state index is 6.38. The van der Waals surface area contributed by atoms with Crippen molar-refractivity contribution in [3.8, 4) is 0 Å². The Balaban J connectivity index is 2.43. The molecule has 0 N–H and O–H groups in total. The van der Waals surface area contributed by atoms with Crippen molar-refractivity contribution in [1.29, 1.82) is 0 Å². The van der Waals surface area contributed by atoms with Crippen LogP contribution in [0.2, 0.25) is 0 Å². The molecule has 0 spiro atoms. The van der Waals surface area contributed by atoms with Crippen molar-refractivity contribution in [2.24, 2.45) is 0 Å². The van der Waals surface area contributed by atoms with Crippen molar-refractivity contribution >= 4 is 22.9 Å². The molecule has 1 heterocycles. The van der Waals surface area contributed by atoms with E-state index in [-0.39, 0.29) is 5.38 Å². The molecule has 0 amide bonds. The van der Waals surface area contributed by atoms with Crippen LogP contribution < -0.4 is 0 Å². The maximum Gasteiger partial charge on any atom is 0.0805 e. The third kappa shape index (κ3) is 4.54. The number of rotatable bonds is 7. The van der Waals surface area contributed by atoms with Gasteiger partial charge < -0.3 is 4.90 Å². The van der Waals surface area contributed by atoms with E-state index in [1.165, 1.54) is 17.7 Å². The molecule has 86 valence electrons. The molecule has 0 saturated heterocycles. The molecule has 0 bridgehead atoms. The summed E-state index contributed by atoms with van der Waals surface area (Å²) in [6, 6.07) is 4.19. The lowest BCUT2D eigenvalue weighted by Gasteiger charge is -2.23. The Kier molecular flexibility index (Phi) is 6.30. The van der Waals surface area contributed by atoms with Gasteiger partial charge in [0.25, 0.3) is 0 Å². The molecule has 1 nitrogen and oxygen atoms in total. The molecule has 1 rings (SSSR count). The van der Waals surface area contributed by atoms with Gasteiger partial charge in [0.05, 0.1) is 5.38 Å². The number of halogens is 1. The highest BCUT2D eigenvalue weighted by molar-refractivity contribution is 7.10. The number of nitrogens with zero attached hydrogens (tertiary/aromatic N) is 1. The fourth-order valence-electron chi connectivity index (χ4n) is 1.71. The highest BCUT2D eigenvalue weighted by atomic mass is 35.5. The van der Waals surface area contributed by atoms with Gasteiger partial charge in [-0.05, 0) is 37.4 Å². The second-order valence-corrected chi connectivity index (χ2v) is 5.29. The van der Waals surface area contributed by atoms with Crippen molar-refractivity contribution < 1.29 is 0 Å². The van der Waals surface area contributed by atoms with E-state index < -0.39 is 0 Å². The average Bonchev–Trinajstić information content (AvgIpc) is 2.71. The number of alkyl halides is 1. The number of hydrogen-bond donors (Lipinski definition) is 0. The van der Waals surface area contributed by atoms with E-state index >= 15 is 0 Å². The van der Waals surface area contributed by atoms with E-state index in [0.29, 0.717) is 0 Å². The summed E-state index contributed by atoms with van der Waals surface area (Å²) in [5, 5.41) is 2.25. The zero-order valence-corrected chi connectivity index (χ0v) is 11.2. The molecule has 3 heteroatoms. The molecule has 0 aliphatic heterocycles. The van der Waals surface area contributed by atoms with Gasteiger partial charge in [-0.1, -0.05) is 19.9 Å². The first-order valence-electron chi connectivity index (χ1n) is 5.67. The monoisotopic (exact) mass is 245 g/mol. The summed E-state index contributed by atoms with van der Waals surface area (Å²) in [6.07, 6.45) is 2.40. The first kappa shape index (κ1) is 13.0. The van der Waals surface area contributed by atoms with Gasteiger partial charge in [-0.3, -0.25) is 0 Å². The fourth-order valence-corrected chi connectivity index (χ4v) is 2.83. The first-order valence-corrected chi connectivity index (χ1v) is 6.99. The zero-order valence-electron chi connectivity index (χ0n) is 9.58. The lowest BCUT2D eigenvalue weighted by molar-refractivity contribution is 0.275. The predicted octanol–water partition coefficient (Wildman–Crippen LogP) is 4.15. The largest absolute Gasteiger partial charge is 0.302 e. The van der Waals surface area contributed by atoms with E-state index in [9.17, 15) is 0 Å².